The third-order valence-corrected chi connectivity index (χ3v) is 4.26. The maximum absolute atomic E-state index is 14.1. The Balaban J connectivity index is 1.96. The normalized spacial score (nSPS) is 12.0. The summed E-state index contributed by atoms with van der Waals surface area (Å²) in [5, 5.41) is 2.58. The number of nitrogens with zero attached hydrogens (tertiary/aromatic N) is 2. The van der Waals surface area contributed by atoms with Gasteiger partial charge in [-0.05, 0) is 36.1 Å². The fraction of sp³-hybridized carbons (Fsp3) is 0.167. The lowest BCUT2D eigenvalue weighted by Crippen LogP contribution is -2.34. The minimum absolute atomic E-state index is 0.251. The minimum Gasteiger partial charge on any atom is -0.328 e. The second-order valence-corrected chi connectivity index (χ2v) is 5.82. The van der Waals surface area contributed by atoms with Crippen LogP contribution in [0.4, 0.5) is 19.3 Å². The molecule has 0 radical (unpaired) electrons. The number of nitrogens with one attached hydrogen (secondary N) is 2. The molecule has 6 nitrogen and oxygen atoms in total. The first-order chi connectivity index (χ1) is 12.4. The molecule has 3 rings (SSSR count). The van der Waals surface area contributed by atoms with E-state index in [-0.39, 0.29) is 10.8 Å². The molecule has 26 heavy (non-hydrogen) atoms. The number of H-pyrrole nitrogens is 1. The van der Waals surface area contributed by atoms with Gasteiger partial charge in [-0.15, -0.1) is 0 Å². The van der Waals surface area contributed by atoms with Gasteiger partial charge in [0.2, 0.25) is 0 Å². The second-order valence-electron chi connectivity index (χ2n) is 5.82. The first kappa shape index (κ1) is 17.5. The first-order valence-corrected chi connectivity index (χ1v) is 7.83. The van der Waals surface area contributed by atoms with Gasteiger partial charge < -0.3 is 15.2 Å². The zero-order valence-electron chi connectivity index (χ0n) is 14.1. The summed E-state index contributed by atoms with van der Waals surface area (Å²) in [5.74, 6) is -2.31. The molecule has 2 aromatic heterocycles. The van der Waals surface area contributed by atoms with Crippen molar-refractivity contribution in [3.05, 3.63) is 70.4 Å². The van der Waals surface area contributed by atoms with Crippen LogP contribution < -0.4 is 10.9 Å². The maximum Gasteiger partial charge on any atom is 0.322 e. The highest BCUT2D eigenvalue weighted by Gasteiger charge is 2.22. The van der Waals surface area contributed by atoms with E-state index in [4.69, 9.17) is 0 Å². The van der Waals surface area contributed by atoms with Crippen molar-refractivity contribution in [1.82, 2.24) is 14.9 Å². The van der Waals surface area contributed by atoms with Gasteiger partial charge in [-0.1, -0.05) is 6.07 Å². The number of hydrogen-bond donors (Lipinski definition) is 2. The van der Waals surface area contributed by atoms with Crippen molar-refractivity contribution >= 4 is 22.5 Å². The van der Waals surface area contributed by atoms with Crippen molar-refractivity contribution in [2.45, 2.75) is 13.0 Å². The summed E-state index contributed by atoms with van der Waals surface area (Å²) >= 11 is 0. The number of carbonyl (C=O) groups is 1. The zero-order valence-corrected chi connectivity index (χ0v) is 14.1. The van der Waals surface area contributed by atoms with E-state index in [0.717, 1.165) is 6.07 Å². The van der Waals surface area contributed by atoms with Crippen LogP contribution in [-0.2, 0) is 0 Å². The van der Waals surface area contributed by atoms with Crippen LogP contribution >= 0.6 is 0 Å². The standard InChI is InChI=1S/C18H16F2N4O2/c1-10(24(2)18(26)23-11-4-3-7-21-8-11)13-9-22-17(25)15-12(13)5-6-14(19)16(15)20/h3-10H,1-2H3,(H,22,25)(H,23,26). The summed E-state index contributed by atoms with van der Waals surface area (Å²) in [4.78, 5) is 32.1. The number of halogens is 2. The molecule has 0 saturated carbocycles. The average molecular weight is 358 g/mol. The molecule has 0 bridgehead atoms. The molecule has 3 aromatic rings. The van der Waals surface area contributed by atoms with Crippen molar-refractivity contribution in [1.29, 1.82) is 0 Å². The summed E-state index contributed by atoms with van der Waals surface area (Å²) in [6.07, 6.45) is 4.49. The number of urea groups is 1. The van der Waals surface area contributed by atoms with E-state index in [0.29, 0.717) is 11.3 Å². The van der Waals surface area contributed by atoms with E-state index >= 15 is 0 Å². The fourth-order valence-corrected chi connectivity index (χ4v) is 2.68. The summed E-state index contributed by atoms with van der Waals surface area (Å²) in [6.45, 7) is 1.72. The lowest BCUT2D eigenvalue weighted by molar-refractivity contribution is 0.208. The Morgan fingerprint density at radius 2 is 2.08 bits per heavy atom. The van der Waals surface area contributed by atoms with Crippen molar-refractivity contribution < 1.29 is 13.6 Å². The Bertz CT molecular complexity index is 1020. The van der Waals surface area contributed by atoms with Gasteiger partial charge >= 0.3 is 6.03 Å². The quantitative estimate of drug-likeness (QED) is 0.753. The van der Waals surface area contributed by atoms with Gasteiger partial charge in [0.05, 0.1) is 23.3 Å². The number of hydrogen-bond acceptors (Lipinski definition) is 3. The Kier molecular flexibility index (Phi) is 4.66. The van der Waals surface area contributed by atoms with E-state index in [2.05, 4.69) is 15.3 Å². The topological polar surface area (TPSA) is 78.1 Å². The van der Waals surface area contributed by atoms with Gasteiger partial charge in [-0.25, -0.2) is 13.6 Å². The third kappa shape index (κ3) is 3.13. The monoisotopic (exact) mass is 358 g/mol. The van der Waals surface area contributed by atoms with Gasteiger partial charge in [-0.2, -0.15) is 0 Å². The van der Waals surface area contributed by atoms with Crippen LogP contribution in [0.1, 0.15) is 18.5 Å². The molecule has 1 aromatic carbocycles. The van der Waals surface area contributed by atoms with E-state index in [1.165, 1.54) is 23.4 Å². The second kappa shape index (κ2) is 6.91. The smallest absolute Gasteiger partial charge is 0.322 e. The van der Waals surface area contributed by atoms with Crippen molar-refractivity contribution in [3.8, 4) is 0 Å². The van der Waals surface area contributed by atoms with Crippen LogP contribution in [0.5, 0.6) is 0 Å². The molecule has 1 unspecified atom stereocenters. The van der Waals surface area contributed by atoms with Crippen LogP contribution in [0.2, 0.25) is 0 Å². The molecule has 1 atom stereocenters. The molecular formula is C18H16F2N4O2. The summed E-state index contributed by atoms with van der Waals surface area (Å²) in [7, 11) is 1.56. The predicted octanol–water partition coefficient (Wildman–Crippen LogP) is 3.43. The van der Waals surface area contributed by atoms with Crippen LogP contribution in [0, 0.1) is 11.6 Å². The zero-order chi connectivity index (χ0) is 18.8. The van der Waals surface area contributed by atoms with Crippen LogP contribution in [0.25, 0.3) is 10.8 Å². The highest BCUT2D eigenvalue weighted by molar-refractivity contribution is 5.90. The molecule has 0 aliphatic heterocycles. The summed E-state index contributed by atoms with van der Waals surface area (Å²) in [6, 6.07) is 4.75. The molecule has 0 aliphatic rings. The molecule has 134 valence electrons. The molecular weight excluding hydrogens is 342 g/mol. The van der Waals surface area contributed by atoms with Gasteiger partial charge in [0.25, 0.3) is 5.56 Å². The number of carbonyl (C=O) groups excluding carboxylic acids is 1. The molecule has 2 amide bonds. The number of fused-ring (bicyclic) bond motifs is 1. The largest absolute Gasteiger partial charge is 0.328 e. The van der Waals surface area contributed by atoms with Crippen molar-refractivity contribution in [3.63, 3.8) is 0 Å². The first-order valence-electron chi connectivity index (χ1n) is 7.83. The van der Waals surface area contributed by atoms with Gasteiger partial charge in [0.15, 0.2) is 11.6 Å². The number of aromatic nitrogens is 2. The summed E-state index contributed by atoms with van der Waals surface area (Å²) < 4.78 is 27.5. The number of amides is 2. The summed E-state index contributed by atoms with van der Waals surface area (Å²) in [5.41, 5.74) is 0.286. The SMILES string of the molecule is CC(c1c[nH]c(=O)c2c(F)c(F)ccc12)N(C)C(=O)Nc1cccnc1. The number of anilines is 1. The lowest BCUT2D eigenvalue weighted by Gasteiger charge is -2.26. The van der Waals surface area contributed by atoms with Gasteiger partial charge in [0.1, 0.15) is 0 Å². The van der Waals surface area contributed by atoms with Crippen molar-refractivity contribution in [2.75, 3.05) is 12.4 Å². The Hall–Kier alpha value is -3.29. The number of pyridine rings is 2. The molecule has 8 heteroatoms. The minimum atomic E-state index is -1.21. The highest BCUT2D eigenvalue weighted by atomic mass is 19.2. The number of benzene rings is 1. The van der Waals surface area contributed by atoms with E-state index in [1.807, 2.05) is 0 Å². The van der Waals surface area contributed by atoms with Crippen LogP contribution in [0.15, 0.2) is 47.7 Å². The van der Waals surface area contributed by atoms with E-state index in [9.17, 15) is 18.4 Å². The van der Waals surface area contributed by atoms with Crippen molar-refractivity contribution in [2.24, 2.45) is 0 Å². The fourth-order valence-electron chi connectivity index (χ4n) is 2.68. The number of aromatic amines is 1. The van der Waals surface area contributed by atoms with Gasteiger partial charge in [-0.3, -0.25) is 9.78 Å². The van der Waals surface area contributed by atoms with Gasteiger partial charge in [0, 0.05) is 19.4 Å². The molecule has 2 heterocycles. The molecule has 2 N–H and O–H groups in total. The van der Waals surface area contributed by atoms with E-state index in [1.54, 1.807) is 32.3 Å². The maximum atomic E-state index is 14.1. The predicted molar refractivity (Wildman–Crippen MR) is 93.9 cm³/mol. The Morgan fingerprint density at radius 1 is 1.31 bits per heavy atom. The molecule has 0 aliphatic carbocycles. The molecule has 0 saturated heterocycles. The average Bonchev–Trinajstić information content (AvgIpc) is 2.64. The van der Waals surface area contributed by atoms with Crippen LogP contribution in [0.3, 0.4) is 0 Å². The molecule has 0 fully saturated rings. The molecule has 0 spiro atoms. The van der Waals surface area contributed by atoms with Crippen LogP contribution in [-0.4, -0.2) is 27.9 Å². The Labute approximate surface area is 147 Å². The number of rotatable bonds is 3. The highest BCUT2D eigenvalue weighted by Crippen LogP contribution is 2.27. The third-order valence-electron chi connectivity index (χ3n) is 4.26. The lowest BCUT2D eigenvalue weighted by atomic mass is 10.0. The Morgan fingerprint density at radius 3 is 2.77 bits per heavy atom. The van der Waals surface area contributed by atoms with E-state index < -0.39 is 29.3 Å².